The number of hydrogen-bond acceptors (Lipinski definition) is 7. The Kier molecular flexibility index (Phi) is 6.12. The van der Waals surface area contributed by atoms with Gasteiger partial charge in [0.05, 0.1) is 23.4 Å². The standard InChI is InChI=1S/C25H24N2O4S2/c1-3-30-24(29)19-12-10-17(31-19)14-32-25-26-22-21(18-11-9-15(2)13-20(18)33-22)23(28)27(25)16-7-5-4-6-8-16/h4-8,10,12,15H,3,9,11,13-14H2,1-2H3. The molecule has 0 saturated carbocycles. The molecule has 4 aromatic rings. The van der Waals surface area contributed by atoms with Gasteiger partial charge in [-0.15, -0.1) is 11.3 Å². The summed E-state index contributed by atoms with van der Waals surface area (Å²) >= 11 is 3.07. The number of rotatable bonds is 6. The number of aryl methyl sites for hydroxylation is 1. The van der Waals surface area contributed by atoms with E-state index in [1.165, 1.54) is 22.2 Å². The summed E-state index contributed by atoms with van der Waals surface area (Å²) in [6, 6.07) is 13.0. The molecule has 0 fully saturated rings. The van der Waals surface area contributed by atoms with Crippen LogP contribution in [0.15, 0.2) is 56.8 Å². The Morgan fingerprint density at radius 3 is 2.88 bits per heavy atom. The average molecular weight is 481 g/mol. The summed E-state index contributed by atoms with van der Waals surface area (Å²) in [6.45, 7) is 4.31. The Labute approximate surface area is 199 Å². The van der Waals surface area contributed by atoms with Crippen LogP contribution in [0, 0.1) is 5.92 Å². The third-order valence-corrected chi connectivity index (χ3v) is 7.90. The molecule has 1 atom stereocenters. The first-order valence-corrected chi connectivity index (χ1v) is 12.9. The Hall–Kier alpha value is -2.84. The van der Waals surface area contributed by atoms with Crippen LogP contribution in [0.3, 0.4) is 0 Å². The van der Waals surface area contributed by atoms with Crippen LogP contribution >= 0.6 is 23.1 Å². The van der Waals surface area contributed by atoms with E-state index >= 15 is 0 Å². The number of fused-ring (bicyclic) bond motifs is 3. The second-order valence-corrected chi connectivity index (χ2v) is 10.2. The van der Waals surface area contributed by atoms with Crippen molar-refractivity contribution in [2.24, 2.45) is 5.92 Å². The van der Waals surface area contributed by atoms with Gasteiger partial charge in [0.25, 0.3) is 5.56 Å². The van der Waals surface area contributed by atoms with Gasteiger partial charge in [0.1, 0.15) is 10.6 Å². The van der Waals surface area contributed by atoms with Crippen molar-refractivity contribution in [3.63, 3.8) is 0 Å². The molecule has 1 unspecified atom stereocenters. The highest BCUT2D eigenvalue weighted by molar-refractivity contribution is 7.98. The molecule has 0 amide bonds. The zero-order valence-electron chi connectivity index (χ0n) is 18.5. The second kappa shape index (κ2) is 9.19. The SMILES string of the molecule is CCOC(=O)c1ccc(CSc2nc3sc4c(c3c(=O)n2-c2ccccc2)CCC(C)C4)o1. The van der Waals surface area contributed by atoms with Gasteiger partial charge in [0.15, 0.2) is 5.16 Å². The normalized spacial score (nSPS) is 15.5. The summed E-state index contributed by atoms with van der Waals surface area (Å²) < 4.78 is 12.4. The van der Waals surface area contributed by atoms with Crippen molar-refractivity contribution >= 4 is 39.3 Å². The van der Waals surface area contributed by atoms with Crippen LogP contribution < -0.4 is 5.56 Å². The molecular formula is C25H24N2O4S2. The molecule has 0 radical (unpaired) electrons. The van der Waals surface area contributed by atoms with Crippen LogP contribution in [-0.2, 0) is 23.3 Å². The van der Waals surface area contributed by atoms with Crippen LogP contribution in [0.25, 0.3) is 15.9 Å². The number of hydrogen-bond donors (Lipinski definition) is 0. The quantitative estimate of drug-likeness (QED) is 0.202. The summed E-state index contributed by atoms with van der Waals surface area (Å²) in [5, 5.41) is 1.37. The maximum Gasteiger partial charge on any atom is 0.374 e. The molecule has 8 heteroatoms. The molecule has 33 heavy (non-hydrogen) atoms. The van der Waals surface area contributed by atoms with E-state index in [0.717, 1.165) is 35.2 Å². The van der Waals surface area contributed by atoms with Crippen molar-refractivity contribution in [3.8, 4) is 5.69 Å². The van der Waals surface area contributed by atoms with E-state index in [1.807, 2.05) is 30.3 Å². The maximum atomic E-state index is 13.8. The lowest BCUT2D eigenvalue weighted by molar-refractivity contribution is 0.0488. The molecular weight excluding hydrogens is 456 g/mol. The summed E-state index contributed by atoms with van der Waals surface area (Å²) in [6.07, 6.45) is 3.03. The molecule has 5 rings (SSSR count). The molecule has 0 spiro atoms. The lowest BCUT2D eigenvalue weighted by atomic mass is 9.89. The number of thiophene rings is 1. The van der Waals surface area contributed by atoms with E-state index in [-0.39, 0.29) is 11.3 Å². The molecule has 0 N–H and O–H groups in total. The number of esters is 1. The van der Waals surface area contributed by atoms with Crippen LogP contribution in [0.4, 0.5) is 0 Å². The smallest absolute Gasteiger partial charge is 0.374 e. The minimum absolute atomic E-state index is 0.0209. The molecule has 3 heterocycles. The number of ether oxygens (including phenoxy) is 1. The third-order valence-electron chi connectivity index (χ3n) is 5.79. The number of furan rings is 1. The Morgan fingerprint density at radius 2 is 2.09 bits per heavy atom. The van der Waals surface area contributed by atoms with Crippen LogP contribution in [0.1, 0.15) is 47.0 Å². The largest absolute Gasteiger partial charge is 0.460 e. The minimum Gasteiger partial charge on any atom is -0.460 e. The Morgan fingerprint density at radius 1 is 1.27 bits per heavy atom. The molecule has 6 nitrogen and oxygen atoms in total. The summed E-state index contributed by atoms with van der Waals surface area (Å²) in [5.41, 5.74) is 1.94. The first-order chi connectivity index (χ1) is 16.0. The summed E-state index contributed by atoms with van der Waals surface area (Å²) in [4.78, 5) is 32.7. The fraction of sp³-hybridized carbons (Fsp3) is 0.320. The lowest BCUT2D eigenvalue weighted by Gasteiger charge is -2.17. The third kappa shape index (κ3) is 4.25. The number of aromatic nitrogens is 2. The highest BCUT2D eigenvalue weighted by atomic mass is 32.2. The Bertz CT molecular complexity index is 1370. The van der Waals surface area contributed by atoms with Gasteiger partial charge in [-0.05, 0) is 61.9 Å². The number of para-hydroxylation sites is 1. The summed E-state index contributed by atoms with van der Waals surface area (Å²) in [7, 11) is 0. The van der Waals surface area contributed by atoms with Crippen molar-refractivity contribution in [1.29, 1.82) is 0 Å². The van der Waals surface area contributed by atoms with E-state index < -0.39 is 5.97 Å². The number of benzene rings is 1. The van der Waals surface area contributed by atoms with Crippen LogP contribution in [-0.4, -0.2) is 22.1 Å². The van der Waals surface area contributed by atoms with E-state index in [1.54, 1.807) is 35.0 Å². The van der Waals surface area contributed by atoms with Crippen LogP contribution in [0.2, 0.25) is 0 Å². The minimum atomic E-state index is -0.479. The van der Waals surface area contributed by atoms with E-state index in [2.05, 4.69) is 6.92 Å². The van der Waals surface area contributed by atoms with Gasteiger partial charge in [-0.25, -0.2) is 9.78 Å². The average Bonchev–Trinajstić information content (AvgIpc) is 3.42. The highest BCUT2D eigenvalue weighted by Crippen LogP contribution is 2.37. The molecule has 0 saturated heterocycles. The molecule has 1 aliphatic carbocycles. The van der Waals surface area contributed by atoms with Crippen molar-refractivity contribution in [1.82, 2.24) is 9.55 Å². The summed E-state index contributed by atoms with van der Waals surface area (Å²) in [5.74, 6) is 1.38. The highest BCUT2D eigenvalue weighted by Gasteiger charge is 2.25. The molecule has 1 aromatic carbocycles. The van der Waals surface area contributed by atoms with Crippen molar-refractivity contribution < 1.29 is 13.9 Å². The lowest BCUT2D eigenvalue weighted by Crippen LogP contribution is -2.22. The van der Waals surface area contributed by atoms with Gasteiger partial charge in [-0.1, -0.05) is 36.9 Å². The number of carbonyl (C=O) groups excluding carboxylic acids is 1. The van der Waals surface area contributed by atoms with Gasteiger partial charge in [0.2, 0.25) is 5.76 Å². The number of thioether (sulfide) groups is 1. The van der Waals surface area contributed by atoms with E-state index in [9.17, 15) is 9.59 Å². The van der Waals surface area contributed by atoms with E-state index in [0.29, 0.717) is 29.2 Å². The zero-order chi connectivity index (χ0) is 22.9. The van der Waals surface area contributed by atoms with Crippen molar-refractivity contribution in [2.75, 3.05) is 6.61 Å². The Balaban J connectivity index is 1.55. The fourth-order valence-corrected chi connectivity index (χ4v) is 6.51. The first kappa shape index (κ1) is 22.0. The molecule has 170 valence electrons. The fourth-order valence-electron chi connectivity index (χ4n) is 4.18. The molecule has 3 aromatic heterocycles. The maximum absolute atomic E-state index is 13.8. The van der Waals surface area contributed by atoms with Crippen molar-refractivity contribution in [3.05, 3.63) is 74.8 Å². The number of carbonyl (C=O) groups is 1. The van der Waals surface area contributed by atoms with Gasteiger partial charge in [0, 0.05) is 4.88 Å². The van der Waals surface area contributed by atoms with Gasteiger partial charge in [-0.3, -0.25) is 9.36 Å². The predicted octanol–water partition coefficient (Wildman–Crippen LogP) is 5.63. The molecule has 0 aliphatic heterocycles. The second-order valence-electron chi connectivity index (χ2n) is 8.18. The molecule has 1 aliphatic rings. The van der Waals surface area contributed by atoms with Gasteiger partial charge in [-0.2, -0.15) is 0 Å². The monoisotopic (exact) mass is 480 g/mol. The van der Waals surface area contributed by atoms with Crippen LogP contribution in [0.5, 0.6) is 0 Å². The zero-order valence-corrected chi connectivity index (χ0v) is 20.1. The van der Waals surface area contributed by atoms with Gasteiger partial charge < -0.3 is 9.15 Å². The van der Waals surface area contributed by atoms with Crippen molar-refractivity contribution in [2.45, 2.75) is 44.0 Å². The first-order valence-electron chi connectivity index (χ1n) is 11.1. The van der Waals surface area contributed by atoms with E-state index in [4.69, 9.17) is 14.1 Å². The predicted molar refractivity (Wildman–Crippen MR) is 131 cm³/mol. The number of nitrogens with zero attached hydrogens (tertiary/aromatic N) is 2. The van der Waals surface area contributed by atoms with Gasteiger partial charge >= 0.3 is 5.97 Å². The molecule has 0 bridgehead atoms. The topological polar surface area (TPSA) is 74.3 Å².